The maximum absolute atomic E-state index is 3.87. The van der Waals surface area contributed by atoms with Crippen LogP contribution in [0.2, 0.25) is 0 Å². The third-order valence-electron chi connectivity index (χ3n) is 11.7. The van der Waals surface area contributed by atoms with E-state index < -0.39 is 0 Å². The Morgan fingerprint density at radius 1 is 0.407 bits per heavy atom. The molecule has 9 aromatic rings. The van der Waals surface area contributed by atoms with Gasteiger partial charge in [0, 0.05) is 21.9 Å². The van der Waals surface area contributed by atoms with E-state index in [9.17, 15) is 0 Å². The standard InChI is InChI=1S/C25H19N.C18H18.C15H14/c1-18-11-13-19(14-12-18)20-15-16-25-23(17-20)22-9-5-6-10-24(22)26(25)21-7-3-2-4-8-21;1-5-13-7-9-15-14-8-6-12(2)10-16(14)18(3,4)17(15)11-13;1-3-13-6-10-15(11-7-13)14-8-4-12(2)5-9-14/h2-17H,1H3;5-11H,1H2,2-4H3;3-11H,1H2,2H3. The van der Waals surface area contributed by atoms with E-state index in [2.05, 4.69) is 234 Å². The lowest BCUT2D eigenvalue weighted by atomic mass is 9.81. The summed E-state index contributed by atoms with van der Waals surface area (Å²) in [5, 5.41) is 2.59. The van der Waals surface area contributed by atoms with E-state index in [1.165, 1.54) is 94.3 Å². The van der Waals surface area contributed by atoms with Crippen molar-refractivity contribution in [3.63, 3.8) is 0 Å². The number of rotatable bonds is 5. The Labute approximate surface area is 350 Å². The predicted octanol–water partition coefficient (Wildman–Crippen LogP) is 16.0. The maximum atomic E-state index is 3.87. The lowest BCUT2D eigenvalue weighted by Crippen LogP contribution is -2.15. The molecule has 0 atom stereocenters. The lowest BCUT2D eigenvalue weighted by molar-refractivity contribution is 0.659. The van der Waals surface area contributed by atoms with Crippen LogP contribution in [0.5, 0.6) is 0 Å². The monoisotopic (exact) mass is 761 g/mol. The molecule has 1 heterocycles. The molecule has 0 saturated heterocycles. The van der Waals surface area contributed by atoms with Crippen LogP contribution in [0.15, 0.2) is 195 Å². The molecule has 0 amide bonds. The Kier molecular flexibility index (Phi) is 10.9. The summed E-state index contributed by atoms with van der Waals surface area (Å²) in [5.41, 5.74) is 20.7. The second kappa shape index (κ2) is 16.5. The van der Waals surface area contributed by atoms with Gasteiger partial charge in [0.1, 0.15) is 0 Å². The van der Waals surface area contributed by atoms with Crippen molar-refractivity contribution < 1.29 is 0 Å². The van der Waals surface area contributed by atoms with Gasteiger partial charge in [-0.2, -0.15) is 0 Å². The largest absolute Gasteiger partial charge is 0.309 e. The first-order chi connectivity index (χ1) is 28.6. The zero-order chi connectivity index (χ0) is 41.1. The van der Waals surface area contributed by atoms with Crippen molar-refractivity contribution in [2.24, 2.45) is 0 Å². The molecule has 1 heteroatoms. The van der Waals surface area contributed by atoms with Crippen LogP contribution in [-0.4, -0.2) is 4.57 Å². The minimum absolute atomic E-state index is 0.0930. The number of aromatic nitrogens is 1. The first-order valence-electron chi connectivity index (χ1n) is 20.5. The summed E-state index contributed by atoms with van der Waals surface area (Å²) in [5.74, 6) is 0. The quantitative estimate of drug-likeness (QED) is 0.165. The number of hydrogen-bond acceptors (Lipinski definition) is 0. The van der Waals surface area contributed by atoms with Gasteiger partial charge in [0.25, 0.3) is 0 Å². The predicted molar refractivity (Wildman–Crippen MR) is 256 cm³/mol. The molecular weight excluding hydrogens is 711 g/mol. The molecule has 1 aliphatic carbocycles. The summed E-state index contributed by atoms with van der Waals surface area (Å²) in [6.45, 7) is 18.6. The molecule has 0 unspecified atom stereocenters. The molecule has 59 heavy (non-hydrogen) atoms. The van der Waals surface area contributed by atoms with Crippen LogP contribution in [0.4, 0.5) is 0 Å². The fraction of sp³-hybridized carbons (Fsp3) is 0.103. The number of aryl methyl sites for hydroxylation is 3. The average Bonchev–Trinajstić information content (AvgIpc) is 3.72. The highest BCUT2D eigenvalue weighted by Gasteiger charge is 2.35. The van der Waals surface area contributed by atoms with Crippen LogP contribution < -0.4 is 0 Å². The number of hydrogen-bond donors (Lipinski definition) is 0. The fourth-order valence-electron chi connectivity index (χ4n) is 8.31. The normalized spacial score (nSPS) is 12.1. The Morgan fingerprint density at radius 2 is 0.881 bits per heavy atom. The minimum atomic E-state index is 0.0930. The Hall–Kier alpha value is -6.96. The van der Waals surface area contributed by atoms with Gasteiger partial charge in [-0.3, -0.25) is 0 Å². The van der Waals surface area contributed by atoms with Gasteiger partial charge in [0.05, 0.1) is 11.0 Å². The first kappa shape index (κ1) is 38.9. The molecule has 10 rings (SSSR count). The van der Waals surface area contributed by atoms with Crippen LogP contribution in [0.25, 0.3) is 73.0 Å². The maximum Gasteiger partial charge on any atom is 0.0541 e. The Balaban J connectivity index is 0.000000129. The van der Waals surface area contributed by atoms with E-state index in [0.717, 1.165) is 5.56 Å². The molecule has 1 nitrogen and oxygen atoms in total. The van der Waals surface area contributed by atoms with Crippen LogP contribution in [-0.2, 0) is 5.41 Å². The molecule has 0 fully saturated rings. The second-order valence-electron chi connectivity index (χ2n) is 16.2. The van der Waals surface area contributed by atoms with Crippen molar-refractivity contribution in [1.29, 1.82) is 0 Å². The van der Waals surface area contributed by atoms with E-state index in [1.54, 1.807) is 0 Å². The molecule has 288 valence electrons. The van der Waals surface area contributed by atoms with E-state index in [-0.39, 0.29) is 5.41 Å². The highest BCUT2D eigenvalue weighted by atomic mass is 15.0. The summed E-state index contributed by atoms with van der Waals surface area (Å²) in [6.07, 6.45) is 3.78. The molecular formula is C58H51N. The summed E-state index contributed by atoms with van der Waals surface area (Å²) in [4.78, 5) is 0. The van der Waals surface area contributed by atoms with E-state index in [0.29, 0.717) is 0 Å². The van der Waals surface area contributed by atoms with Gasteiger partial charge in [-0.1, -0.05) is 208 Å². The number of benzene rings is 8. The molecule has 0 saturated carbocycles. The average molecular weight is 762 g/mol. The smallest absolute Gasteiger partial charge is 0.0541 e. The van der Waals surface area contributed by atoms with Gasteiger partial charge in [-0.15, -0.1) is 0 Å². The summed E-state index contributed by atoms with van der Waals surface area (Å²) in [7, 11) is 0. The summed E-state index contributed by atoms with van der Waals surface area (Å²) in [6, 6.07) is 65.2. The fourth-order valence-corrected chi connectivity index (χ4v) is 8.31. The minimum Gasteiger partial charge on any atom is -0.309 e. The van der Waals surface area contributed by atoms with Gasteiger partial charge in [-0.25, -0.2) is 0 Å². The molecule has 8 aromatic carbocycles. The third-order valence-corrected chi connectivity index (χ3v) is 11.7. The van der Waals surface area contributed by atoms with Crippen molar-refractivity contribution in [2.45, 2.75) is 40.0 Å². The molecule has 1 aromatic heterocycles. The van der Waals surface area contributed by atoms with Crippen LogP contribution in [0.1, 0.15) is 52.8 Å². The third kappa shape index (κ3) is 7.85. The van der Waals surface area contributed by atoms with Crippen molar-refractivity contribution >= 4 is 34.0 Å². The summed E-state index contributed by atoms with van der Waals surface area (Å²) < 4.78 is 2.35. The van der Waals surface area contributed by atoms with Crippen molar-refractivity contribution in [3.8, 4) is 39.1 Å². The second-order valence-corrected chi connectivity index (χ2v) is 16.2. The van der Waals surface area contributed by atoms with Crippen molar-refractivity contribution in [2.75, 3.05) is 0 Å². The van der Waals surface area contributed by atoms with Gasteiger partial charge in [0.15, 0.2) is 0 Å². The van der Waals surface area contributed by atoms with Gasteiger partial charge in [0.2, 0.25) is 0 Å². The highest BCUT2D eigenvalue weighted by molar-refractivity contribution is 6.10. The Morgan fingerprint density at radius 3 is 1.51 bits per heavy atom. The molecule has 0 N–H and O–H groups in total. The van der Waals surface area contributed by atoms with Gasteiger partial charge < -0.3 is 4.57 Å². The van der Waals surface area contributed by atoms with Crippen molar-refractivity contribution in [3.05, 3.63) is 234 Å². The SMILES string of the molecule is C=Cc1ccc(-c2ccc(C)cc2)cc1.C=Cc1ccc2c(c1)C(C)(C)c1cc(C)ccc1-2.Cc1ccc(-c2ccc3c(c2)c2ccccc2n3-c2ccccc2)cc1. The lowest BCUT2D eigenvalue weighted by Gasteiger charge is -2.22. The molecule has 1 aliphatic rings. The van der Waals surface area contributed by atoms with Crippen LogP contribution in [0.3, 0.4) is 0 Å². The summed E-state index contributed by atoms with van der Waals surface area (Å²) >= 11 is 0. The Bertz CT molecular complexity index is 2920. The highest BCUT2D eigenvalue weighted by Crippen LogP contribution is 2.49. The van der Waals surface area contributed by atoms with Crippen LogP contribution >= 0.6 is 0 Å². The van der Waals surface area contributed by atoms with Crippen molar-refractivity contribution in [1.82, 2.24) is 4.57 Å². The first-order valence-corrected chi connectivity index (χ1v) is 20.5. The number of nitrogens with zero attached hydrogens (tertiary/aromatic N) is 1. The molecule has 0 spiro atoms. The number of para-hydroxylation sites is 2. The zero-order valence-corrected chi connectivity index (χ0v) is 34.8. The van der Waals surface area contributed by atoms with E-state index in [4.69, 9.17) is 0 Å². The van der Waals surface area contributed by atoms with Gasteiger partial charge in [-0.05, 0) is 107 Å². The van der Waals surface area contributed by atoms with Gasteiger partial charge >= 0.3 is 0 Å². The van der Waals surface area contributed by atoms with E-state index in [1.807, 2.05) is 12.2 Å². The van der Waals surface area contributed by atoms with E-state index >= 15 is 0 Å². The topological polar surface area (TPSA) is 4.93 Å². The van der Waals surface area contributed by atoms with Crippen LogP contribution in [0, 0.1) is 20.8 Å². The number of fused-ring (bicyclic) bond motifs is 6. The molecule has 0 radical (unpaired) electrons. The zero-order valence-electron chi connectivity index (χ0n) is 34.8. The molecule has 0 aliphatic heterocycles. The molecule has 0 bridgehead atoms.